The molecule has 2 amide bonds. The minimum atomic E-state index is -0.459. The quantitative estimate of drug-likeness (QED) is 0.385. The number of anilines is 2. The van der Waals surface area contributed by atoms with Crippen LogP contribution in [0.25, 0.3) is 0 Å². The van der Waals surface area contributed by atoms with Crippen LogP contribution in [0.3, 0.4) is 0 Å². The molecule has 0 aliphatic carbocycles. The molecule has 33 heavy (non-hydrogen) atoms. The Balaban J connectivity index is 1.65. The molecular weight excluding hydrogens is 436 g/mol. The Kier molecular flexibility index (Phi) is 6.60. The van der Waals surface area contributed by atoms with Gasteiger partial charge in [-0.1, -0.05) is 48.2 Å². The fraction of sp³-hybridized carbons (Fsp3) is 0.115. The summed E-state index contributed by atoms with van der Waals surface area (Å²) in [5.41, 5.74) is 1.64. The van der Waals surface area contributed by atoms with Gasteiger partial charge in [-0.25, -0.2) is 9.69 Å². The van der Waals surface area contributed by atoms with E-state index in [0.29, 0.717) is 21.8 Å². The maximum atomic E-state index is 13.4. The number of imide groups is 1. The number of esters is 1. The molecule has 0 unspecified atom stereocenters. The molecule has 0 radical (unpaired) electrons. The lowest BCUT2D eigenvalue weighted by molar-refractivity contribution is -0.120. The average Bonchev–Trinajstić information content (AvgIpc) is 3.04. The molecule has 166 valence electrons. The largest absolute Gasteiger partial charge is 0.459 e. The summed E-state index contributed by atoms with van der Waals surface area (Å²) in [6.07, 6.45) is -0.243. The Hall–Kier alpha value is -3.84. The Labute approximate surface area is 196 Å². The van der Waals surface area contributed by atoms with E-state index in [0.717, 1.165) is 9.80 Å². The highest BCUT2D eigenvalue weighted by Gasteiger charge is 2.40. The SMILES string of the molecule is CC(C)OC(=O)c1ccc(N2C(=O)C(Nc3ccccc3)=C(Sc3ccccc3)C2=O)cc1. The van der Waals surface area contributed by atoms with E-state index in [1.165, 1.54) is 11.8 Å². The van der Waals surface area contributed by atoms with E-state index in [1.807, 2.05) is 60.7 Å². The summed E-state index contributed by atoms with van der Waals surface area (Å²) in [6.45, 7) is 3.54. The van der Waals surface area contributed by atoms with E-state index in [-0.39, 0.29) is 11.8 Å². The number of ether oxygens (including phenoxy) is 1. The van der Waals surface area contributed by atoms with Crippen LogP contribution in [-0.4, -0.2) is 23.9 Å². The molecule has 1 N–H and O–H groups in total. The first-order chi connectivity index (χ1) is 15.9. The van der Waals surface area contributed by atoms with E-state index in [1.54, 1.807) is 38.1 Å². The van der Waals surface area contributed by atoms with Crippen molar-refractivity contribution in [1.82, 2.24) is 0 Å². The summed E-state index contributed by atoms with van der Waals surface area (Å²) in [5, 5.41) is 3.11. The second-order valence-corrected chi connectivity index (χ2v) is 8.64. The van der Waals surface area contributed by atoms with Crippen molar-refractivity contribution in [1.29, 1.82) is 0 Å². The third-order valence-electron chi connectivity index (χ3n) is 4.75. The first-order valence-electron chi connectivity index (χ1n) is 10.4. The van der Waals surface area contributed by atoms with E-state index in [2.05, 4.69) is 5.32 Å². The molecular formula is C26H22N2O4S. The van der Waals surface area contributed by atoms with Gasteiger partial charge in [0.1, 0.15) is 10.6 Å². The van der Waals surface area contributed by atoms with Gasteiger partial charge in [-0.3, -0.25) is 9.59 Å². The molecule has 0 saturated carbocycles. The number of rotatable bonds is 7. The summed E-state index contributed by atoms with van der Waals surface area (Å²) < 4.78 is 5.20. The Morgan fingerprint density at radius 2 is 1.45 bits per heavy atom. The summed E-state index contributed by atoms with van der Waals surface area (Å²) in [5.74, 6) is -1.34. The van der Waals surface area contributed by atoms with Crippen molar-refractivity contribution in [3.63, 3.8) is 0 Å². The van der Waals surface area contributed by atoms with Crippen LogP contribution in [0.4, 0.5) is 11.4 Å². The molecule has 0 aromatic heterocycles. The van der Waals surface area contributed by atoms with Crippen LogP contribution >= 0.6 is 11.8 Å². The van der Waals surface area contributed by atoms with Gasteiger partial charge >= 0.3 is 5.97 Å². The fourth-order valence-corrected chi connectivity index (χ4v) is 4.20. The summed E-state index contributed by atoms with van der Waals surface area (Å²) >= 11 is 1.23. The summed E-state index contributed by atoms with van der Waals surface area (Å²) in [4.78, 5) is 41.1. The highest BCUT2D eigenvalue weighted by molar-refractivity contribution is 8.04. The molecule has 6 nitrogen and oxygen atoms in total. The highest BCUT2D eigenvalue weighted by Crippen LogP contribution is 2.37. The molecule has 0 spiro atoms. The van der Waals surface area contributed by atoms with Crippen molar-refractivity contribution in [2.24, 2.45) is 0 Å². The lowest BCUT2D eigenvalue weighted by Gasteiger charge is -2.16. The Morgan fingerprint density at radius 1 is 0.848 bits per heavy atom. The zero-order chi connectivity index (χ0) is 23.4. The van der Waals surface area contributed by atoms with Crippen LogP contribution in [0.5, 0.6) is 0 Å². The van der Waals surface area contributed by atoms with Crippen LogP contribution in [0, 0.1) is 0 Å². The molecule has 1 aliphatic heterocycles. The molecule has 3 aromatic rings. The van der Waals surface area contributed by atoms with E-state index < -0.39 is 17.8 Å². The zero-order valence-electron chi connectivity index (χ0n) is 18.1. The van der Waals surface area contributed by atoms with Crippen LogP contribution in [-0.2, 0) is 14.3 Å². The number of amides is 2. The lowest BCUT2D eigenvalue weighted by atomic mass is 10.2. The van der Waals surface area contributed by atoms with Gasteiger partial charge in [0, 0.05) is 10.6 Å². The number of nitrogens with one attached hydrogen (secondary N) is 1. The number of hydrogen-bond donors (Lipinski definition) is 1. The molecule has 3 aromatic carbocycles. The maximum absolute atomic E-state index is 13.4. The Morgan fingerprint density at radius 3 is 2.06 bits per heavy atom. The van der Waals surface area contributed by atoms with Crippen molar-refractivity contribution < 1.29 is 19.1 Å². The molecule has 0 saturated heterocycles. The standard InChI is InChI=1S/C26H22N2O4S/c1-17(2)32-26(31)18-13-15-20(16-14-18)28-24(29)22(27-19-9-5-3-6-10-19)23(25(28)30)33-21-11-7-4-8-12-21/h3-17,27H,1-2H3. The van der Waals surface area contributed by atoms with Crippen molar-refractivity contribution in [3.8, 4) is 0 Å². The second-order valence-electron chi connectivity index (χ2n) is 7.56. The molecule has 7 heteroatoms. The van der Waals surface area contributed by atoms with E-state index in [9.17, 15) is 14.4 Å². The first-order valence-corrected chi connectivity index (χ1v) is 11.2. The number of carbonyl (C=O) groups excluding carboxylic acids is 3. The summed E-state index contributed by atoms with van der Waals surface area (Å²) in [7, 11) is 0. The van der Waals surface area contributed by atoms with Crippen LogP contribution < -0.4 is 10.2 Å². The van der Waals surface area contributed by atoms with Gasteiger partial charge in [0.15, 0.2) is 0 Å². The smallest absolute Gasteiger partial charge is 0.338 e. The van der Waals surface area contributed by atoms with Crippen molar-refractivity contribution in [2.75, 3.05) is 10.2 Å². The molecule has 1 aliphatic rings. The average molecular weight is 459 g/mol. The summed E-state index contributed by atoms with van der Waals surface area (Å²) in [6, 6.07) is 24.9. The molecule has 0 fully saturated rings. The number of benzene rings is 3. The van der Waals surface area contributed by atoms with Gasteiger partial charge in [-0.15, -0.1) is 0 Å². The molecule has 4 rings (SSSR count). The minimum Gasteiger partial charge on any atom is -0.459 e. The third-order valence-corrected chi connectivity index (χ3v) is 5.84. The normalized spacial score (nSPS) is 13.6. The predicted molar refractivity (Wildman–Crippen MR) is 129 cm³/mol. The van der Waals surface area contributed by atoms with Crippen LogP contribution in [0.2, 0.25) is 0 Å². The van der Waals surface area contributed by atoms with E-state index >= 15 is 0 Å². The fourth-order valence-electron chi connectivity index (χ4n) is 3.25. The molecule has 1 heterocycles. The number of para-hydroxylation sites is 1. The van der Waals surface area contributed by atoms with Gasteiger partial charge in [0.25, 0.3) is 11.8 Å². The molecule has 0 bridgehead atoms. The monoisotopic (exact) mass is 458 g/mol. The topological polar surface area (TPSA) is 75.7 Å². The molecule has 0 atom stereocenters. The highest BCUT2D eigenvalue weighted by atomic mass is 32.2. The van der Waals surface area contributed by atoms with Crippen LogP contribution in [0.15, 0.2) is 100 Å². The zero-order valence-corrected chi connectivity index (χ0v) is 19.0. The predicted octanol–water partition coefficient (Wildman–Crippen LogP) is 5.24. The second kappa shape index (κ2) is 9.75. The maximum Gasteiger partial charge on any atom is 0.338 e. The van der Waals surface area contributed by atoms with Crippen LogP contribution in [0.1, 0.15) is 24.2 Å². The van der Waals surface area contributed by atoms with Gasteiger partial charge in [0.05, 0.1) is 17.4 Å². The van der Waals surface area contributed by atoms with Crippen molar-refractivity contribution in [2.45, 2.75) is 24.8 Å². The minimum absolute atomic E-state index is 0.211. The number of thioether (sulfide) groups is 1. The van der Waals surface area contributed by atoms with E-state index in [4.69, 9.17) is 4.74 Å². The van der Waals surface area contributed by atoms with Gasteiger partial charge in [0.2, 0.25) is 0 Å². The number of carbonyl (C=O) groups is 3. The van der Waals surface area contributed by atoms with Gasteiger partial charge in [-0.05, 0) is 62.4 Å². The lowest BCUT2D eigenvalue weighted by Crippen LogP contribution is -2.32. The van der Waals surface area contributed by atoms with Gasteiger partial charge in [-0.2, -0.15) is 0 Å². The first kappa shape index (κ1) is 22.4. The van der Waals surface area contributed by atoms with Crippen molar-refractivity contribution >= 4 is 40.9 Å². The Bertz CT molecular complexity index is 1140. The number of hydrogen-bond acceptors (Lipinski definition) is 6. The van der Waals surface area contributed by atoms with Gasteiger partial charge < -0.3 is 10.1 Å². The third kappa shape index (κ3) is 4.99. The van der Waals surface area contributed by atoms with Crippen molar-refractivity contribution in [3.05, 3.63) is 101 Å². The number of nitrogens with zero attached hydrogens (tertiary/aromatic N) is 1.